The minimum Gasteiger partial charge on any atom is -0.417 e. The number of allylic oxidation sites excluding steroid dienone is 2. The fourth-order valence-corrected chi connectivity index (χ4v) is 23.4. The van der Waals surface area contributed by atoms with Crippen molar-refractivity contribution < 1.29 is 45.2 Å². The van der Waals surface area contributed by atoms with Crippen LogP contribution in [0.5, 0.6) is 0 Å². The lowest BCUT2D eigenvalue weighted by Crippen LogP contribution is -2.57. The van der Waals surface area contributed by atoms with Gasteiger partial charge in [0.05, 0.1) is 24.4 Å². The van der Waals surface area contributed by atoms with E-state index in [9.17, 15) is 0 Å². The second kappa shape index (κ2) is 34.9. The molecule has 0 heterocycles. The number of hydrogen-bond acceptors (Lipinski definition) is 10. The molecule has 0 N–H and O–H groups in total. The second-order valence-electron chi connectivity index (χ2n) is 38.1. The zero-order valence-electron chi connectivity index (χ0n) is 69.6. The van der Waals surface area contributed by atoms with Gasteiger partial charge in [-0.25, -0.2) is 0 Å². The highest BCUT2D eigenvalue weighted by molar-refractivity contribution is 7.79. The lowest BCUT2D eigenvalue weighted by atomic mass is 9.84. The molecular formula is C84H142O10P2Si6. The van der Waals surface area contributed by atoms with Crippen molar-refractivity contribution in [1.29, 1.82) is 0 Å². The van der Waals surface area contributed by atoms with Gasteiger partial charge in [0.2, 0.25) is 0 Å². The Balaban J connectivity index is 0.000000367. The lowest BCUT2D eigenvalue weighted by molar-refractivity contribution is -0.0879. The molecule has 2 saturated carbocycles. The first-order valence-corrected chi connectivity index (χ1v) is 59.1. The Labute approximate surface area is 629 Å². The van der Waals surface area contributed by atoms with Crippen LogP contribution in [0.1, 0.15) is 150 Å². The summed E-state index contributed by atoms with van der Waals surface area (Å²) in [7, 11) is -18.7. The Hall–Kier alpha value is -2.72. The third kappa shape index (κ3) is 23.2. The molecule has 0 saturated heterocycles. The fourth-order valence-electron chi connectivity index (χ4n) is 11.0. The molecule has 0 bridgehead atoms. The molecule has 6 atom stereocenters. The first-order valence-electron chi connectivity index (χ1n) is 37.9. The zero-order valence-corrected chi connectivity index (χ0v) is 77.4. The van der Waals surface area contributed by atoms with E-state index in [-0.39, 0.29) is 66.9 Å². The molecule has 10 nitrogen and oxygen atoms in total. The molecule has 4 aromatic carbocycles. The van der Waals surface area contributed by atoms with E-state index in [4.69, 9.17) is 49.2 Å². The van der Waals surface area contributed by atoms with Crippen molar-refractivity contribution in [2.75, 3.05) is 38.8 Å². The van der Waals surface area contributed by atoms with Crippen molar-refractivity contribution >= 4 is 85.4 Å². The van der Waals surface area contributed by atoms with Crippen molar-refractivity contribution in [3.8, 4) is 0 Å². The summed E-state index contributed by atoms with van der Waals surface area (Å²) >= 11 is 0. The average molecular weight is 1540 g/mol. The highest BCUT2D eigenvalue weighted by Crippen LogP contribution is 2.51. The van der Waals surface area contributed by atoms with Crippen LogP contribution >= 0.6 is 14.3 Å². The molecular weight excluding hydrogens is 1400 g/mol. The van der Waals surface area contributed by atoms with Crippen LogP contribution in [0.25, 0.3) is 0 Å². The summed E-state index contributed by atoms with van der Waals surface area (Å²) in [4.78, 5) is 0. The smallest absolute Gasteiger partial charge is 0.193 e. The van der Waals surface area contributed by atoms with Gasteiger partial charge < -0.3 is 45.2 Å². The van der Waals surface area contributed by atoms with Crippen LogP contribution < -0.4 is 21.2 Å². The van der Waals surface area contributed by atoms with E-state index in [1.165, 1.54) is 0 Å². The molecule has 0 aliphatic heterocycles. The quantitative estimate of drug-likeness (QED) is 0.0310. The van der Waals surface area contributed by atoms with Crippen LogP contribution in [0.4, 0.5) is 0 Å². The third-order valence-electron chi connectivity index (χ3n) is 24.3. The molecule has 0 radical (unpaired) electrons. The van der Waals surface area contributed by atoms with Gasteiger partial charge in [-0.15, -0.1) is 0 Å². The Bertz CT molecular complexity index is 3170. The van der Waals surface area contributed by atoms with Gasteiger partial charge in [-0.1, -0.05) is 271 Å². The van der Waals surface area contributed by atoms with Crippen LogP contribution in [-0.2, 0) is 45.2 Å². The second-order valence-corrected chi connectivity index (χ2v) is 72.5. The minimum absolute atomic E-state index is 0.0116. The van der Waals surface area contributed by atoms with E-state index in [0.717, 1.165) is 56.4 Å². The molecule has 1 unspecified atom stereocenters. The predicted octanol–water partition coefficient (Wildman–Crippen LogP) is 22.9. The lowest BCUT2D eigenvalue weighted by Gasteiger charge is -2.49. The van der Waals surface area contributed by atoms with Gasteiger partial charge in [0.1, 0.15) is 26.5 Å². The van der Waals surface area contributed by atoms with E-state index >= 15 is 9.13 Å². The Morgan fingerprint density at radius 1 is 0.353 bits per heavy atom. The molecule has 0 spiro atoms. The molecule has 2 aliphatic rings. The summed E-state index contributed by atoms with van der Waals surface area (Å²) in [5.74, 6) is 0. The van der Waals surface area contributed by atoms with Crippen molar-refractivity contribution in [2.24, 2.45) is 0 Å². The van der Waals surface area contributed by atoms with E-state index in [0.29, 0.717) is 51.6 Å². The van der Waals surface area contributed by atoms with E-state index < -0.39 is 64.2 Å². The van der Waals surface area contributed by atoms with E-state index in [1.54, 1.807) is 0 Å². The summed E-state index contributed by atoms with van der Waals surface area (Å²) in [6.45, 7) is 80.5. The average Bonchev–Trinajstić information content (AvgIpc) is 0.769. The molecule has 0 aromatic heterocycles. The standard InChI is InChI=1S/2C42H71O5PSi3/c2*1-33-34(28-31-48(43,35-24-19-17-20-25-35)36-26-21-18-22-27-36)32-37(46-50(13,14)41(5,6)7)39(38(33)47-51(15,16)42(8,9)10)44-29-23-30-45-49(11,12)40(2,3)4/h2*17-22,24-28,37-39H,1,23,29-32H2,2-16H3/b2*34-28-/t37-,38?,39-;37-,38-,39-/m01/s1. The Morgan fingerprint density at radius 2 is 0.578 bits per heavy atom. The van der Waals surface area contributed by atoms with Crippen LogP contribution in [0.3, 0.4) is 0 Å². The summed E-state index contributed by atoms with van der Waals surface area (Å²) in [6.07, 6.45) is 6.16. The summed E-state index contributed by atoms with van der Waals surface area (Å²) < 4.78 is 86.2. The molecule has 0 amide bonds. The maximum absolute atomic E-state index is 15.1. The third-order valence-corrected chi connectivity index (χ3v) is 57.2. The summed E-state index contributed by atoms with van der Waals surface area (Å²) in [6, 6.07) is 39.7. The highest BCUT2D eigenvalue weighted by atomic mass is 31.2. The monoisotopic (exact) mass is 1540 g/mol. The highest BCUT2D eigenvalue weighted by Gasteiger charge is 2.52. The van der Waals surface area contributed by atoms with Gasteiger partial charge in [-0.3, -0.25) is 0 Å². The molecule has 4 aromatic rings. The van der Waals surface area contributed by atoms with Crippen LogP contribution in [0, 0.1) is 0 Å². The first-order chi connectivity index (χ1) is 46.5. The maximum atomic E-state index is 15.1. The zero-order chi connectivity index (χ0) is 77.4. The number of benzene rings is 4. The van der Waals surface area contributed by atoms with E-state index in [1.807, 2.05) is 121 Å². The van der Waals surface area contributed by atoms with Crippen LogP contribution in [-0.4, -0.2) is 125 Å². The van der Waals surface area contributed by atoms with Crippen molar-refractivity contribution in [3.63, 3.8) is 0 Å². The van der Waals surface area contributed by atoms with Gasteiger partial charge in [-0.05, 0) is 144 Å². The van der Waals surface area contributed by atoms with Crippen molar-refractivity contribution in [3.05, 3.63) is 169 Å². The van der Waals surface area contributed by atoms with Gasteiger partial charge in [-0.2, -0.15) is 0 Å². The van der Waals surface area contributed by atoms with Gasteiger partial charge in [0.15, 0.2) is 49.9 Å². The maximum Gasteiger partial charge on any atom is 0.193 e. The SMILES string of the molecule is C=C1/C(=C\CP(=O)(c2ccccc2)c2ccccc2)C[C@@H](O[Si](C)(C)C(C)(C)C)[C@@H](OCCCO[Si](C)(C)C(C)(C)C)[C@@H]1O[Si](C)(C)C(C)(C)C.C=C1/C(=C\CP(=O)(c2ccccc2)c2ccccc2)C[C@H](O[Si](C)(C)C(C)(C)C)[C@H](OCCCO[Si](C)(C)C(C)(C)C)C1O[Si](C)(C)C(C)(C)C. The van der Waals surface area contributed by atoms with Gasteiger partial charge >= 0.3 is 0 Å². The summed E-state index contributed by atoms with van der Waals surface area (Å²) in [5.41, 5.74) is 3.97. The minimum atomic E-state index is -2.98. The number of ether oxygens (including phenoxy) is 2. The van der Waals surface area contributed by atoms with Gasteiger partial charge in [0, 0.05) is 72.8 Å². The molecule has 6 rings (SSSR count). The molecule has 2 fully saturated rings. The molecule has 18 heteroatoms. The van der Waals surface area contributed by atoms with Crippen molar-refractivity contribution in [1.82, 2.24) is 0 Å². The first kappa shape index (κ1) is 89.9. The largest absolute Gasteiger partial charge is 0.417 e. The molecule has 2 aliphatic carbocycles. The molecule has 572 valence electrons. The predicted molar refractivity (Wildman–Crippen MR) is 456 cm³/mol. The summed E-state index contributed by atoms with van der Waals surface area (Å²) in [5, 5.41) is 3.76. The van der Waals surface area contributed by atoms with Gasteiger partial charge in [0.25, 0.3) is 0 Å². The Morgan fingerprint density at radius 3 is 0.804 bits per heavy atom. The number of hydrogen-bond donors (Lipinski definition) is 0. The van der Waals surface area contributed by atoms with Crippen molar-refractivity contribution in [2.45, 2.75) is 296 Å². The van der Waals surface area contributed by atoms with E-state index in [2.05, 4.69) is 215 Å². The van der Waals surface area contributed by atoms with Crippen LogP contribution in [0.2, 0.25) is 109 Å². The normalized spacial score (nSPS) is 21.0. The van der Waals surface area contributed by atoms with Crippen LogP contribution in [0.15, 0.2) is 169 Å². The Kier molecular flexibility index (Phi) is 30.7. The topological polar surface area (TPSA) is 108 Å². The number of rotatable bonds is 28. The molecule has 102 heavy (non-hydrogen) atoms. The fraction of sp³-hybridized carbons (Fsp3) is 0.619.